The van der Waals surface area contributed by atoms with Crippen molar-refractivity contribution in [3.05, 3.63) is 107 Å². The van der Waals surface area contributed by atoms with Gasteiger partial charge in [-0.25, -0.2) is 13.6 Å². The summed E-state index contributed by atoms with van der Waals surface area (Å²) in [6, 6.07) is 20.0. The summed E-state index contributed by atoms with van der Waals surface area (Å²) < 4.78 is 26.3. The van der Waals surface area contributed by atoms with Crippen molar-refractivity contribution in [2.24, 2.45) is 11.1 Å². The van der Waals surface area contributed by atoms with E-state index in [9.17, 15) is 18.4 Å². The monoisotopic (exact) mass is 448 g/mol. The van der Waals surface area contributed by atoms with Gasteiger partial charge in [0.15, 0.2) is 0 Å². The molecule has 1 fully saturated rings. The molecule has 0 atom stereocenters. The van der Waals surface area contributed by atoms with Crippen LogP contribution in [0.2, 0.25) is 0 Å². The van der Waals surface area contributed by atoms with Gasteiger partial charge in [0.2, 0.25) is 0 Å². The Hall–Kier alpha value is -3.87. The van der Waals surface area contributed by atoms with Crippen LogP contribution in [0.15, 0.2) is 84.0 Å². The summed E-state index contributed by atoms with van der Waals surface area (Å²) in [5.74, 6) is -1.67. The van der Waals surface area contributed by atoms with Gasteiger partial charge in [-0.15, -0.1) is 0 Å². The zero-order valence-electron chi connectivity index (χ0n) is 17.8. The number of oxime groups is 1. The first-order chi connectivity index (χ1) is 16.0. The maximum Gasteiger partial charge on any atom is 0.365 e. The second kappa shape index (κ2) is 10.2. The largest absolute Gasteiger partial charge is 0.365 e. The summed E-state index contributed by atoms with van der Waals surface area (Å²) in [6.07, 6.45) is 1.27. The SMILES string of the molecule is O=C(O/N=C(\c1ccccc1)C1CCN(C(=O)c2ccc(F)cc2)CC1)c1ccc(F)cc1. The van der Waals surface area contributed by atoms with Gasteiger partial charge >= 0.3 is 5.97 Å². The van der Waals surface area contributed by atoms with Gasteiger partial charge in [-0.2, -0.15) is 0 Å². The van der Waals surface area contributed by atoms with E-state index in [1.807, 2.05) is 30.3 Å². The van der Waals surface area contributed by atoms with Gasteiger partial charge in [-0.3, -0.25) is 4.79 Å². The number of amides is 1. The molecule has 33 heavy (non-hydrogen) atoms. The lowest BCUT2D eigenvalue weighted by molar-refractivity contribution is 0.0513. The molecule has 0 bridgehead atoms. The van der Waals surface area contributed by atoms with Gasteiger partial charge in [0.05, 0.1) is 11.3 Å². The predicted octanol–water partition coefficient (Wildman–Crippen LogP) is 5.08. The van der Waals surface area contributed by atoms with Crippen molar-refractivity contribution in [3.8, 4) is 0 Å². The molecular formula is C26H22F2N2O3. The van der Waals surface area contributed by atoms with Crippen molar-refractivity contribution in [3.63, 3.8) is 0 Å². The molecule has 0 saturated carbocycles. The number of halogens is 2. The standard InChI is InChI=1S/C26H22F2N2O3/c27-22-10-6-20(7-11-22)25(31)30-16-14-19(15-17-30)24(18-4-2-1-3-5-18)29-33-26(32)21-8-12-23(28)13-9-21/h1-13,19H,14-17H2/b29-24+. The minimum Gasteiger partial charge on any atom is -0.339 e. The topological polar surface area (TPSA) is 59.0 Å². The van der Waals surface area contributed by atoms with Crippen molar-refractivity contribution in [1.29, 1.82) is 0 Å². The Bertz CT molecular complexity index is 1140. The molecule has 4 rings (SSSR count). The lowest BCUT2D eigenvalue weighted by Crippen LogP contribution is -2.40. The van der Waals surface area contributed by atoms with E-state index in [0.29, 0.717) is 37.2 Å². The van der Waals surface area contributed by atoms with Gasteiger partial charge in [0, 0.05) is 24.6 Å². The molecule has 7 heteroatoms. The molecule has 0 spiro atoms. The molecule has 0 radical (unpaired) electrons. The van der Waals surface area contributed by atoms with E-state index in [1.165, 1.54) is 48.5 Å². The molecule has 0 unspecified atom stereocenters. The van der Waals surface area contributed by atoms with Gasteiger partial charge in [-0.1, -0.05) is 35.5 Å². The highest BCUT2D eigenvalue weighted by Gasteiger charge is 2.28. The Morgan fingerprint density at radius 3 is 1.88 bits per heavy atom. The zero-order chi connectivity index (χ0) is 23.2. The molecule has 0 aromatic heterocycles. The average molecular weight is 448 g/mol. The molecule has 5 nitrogen and oxygen atoms in total. The number of hydrogen-bond donors (Lipinski definition) is 0. The van der Waals surface area contributed by atoms with Crippen LogP contribution >= 0.6 is 0 Å². The van der Waals surface area contributed by atoms with E-state index in [2.05, 4.69) is 5.16 Å². The number of carbonyl (C=O) groups excluding carboxylic acids is 2. The molecule has 1 aliphatic heterocycles. The van der Waals surface area contributed by atoms with Gasteiger partial charge in [-0.05, 0) is 66.9 Å². The van der Waals surface area contributed by atoms with Crippen LogP contribution in [0, 0.1) is 17.6 Å². The average Bonchev–Trinajstić information content (AvgIpc) is 2.85. The molecule has 168 valence electrons. The third kappa shape index (κ3) is 5.49. The number of piperidine rings is 1. The van der Waals surface area contributed by atoms with E-state index in [0.717, 1.165) is 5.56 Å². The first-order valence-electron chi connectivity index (χ1n) is 10.7. The van der Waals surface area contributed by atoms with Crippen molar-refractivity contribution in [1.82, 2.24) is 4.90 Å². The van der Waals surface area contributed by atoms with Crippen LogP contribution in [0.4, 0.5) is 8.78 Å². The van der Waals surface area contributed by atoms with E-state index >= 15 is 0 Å². The summed E-state index contributed by atoms with van der Waals surface area (Å²) in [4.78, 5) is 32.0. The van der Waals surface area contributed by atoms with Gasteiger partial charge in [0.1, 0.15) is 11.6 Å². The molecule has 1 heterocycles. The summed E-state index contributed by atoms with van der Waals surface area (Å²) in [5, 5.41) is 4.18. The molecule has 3 aromatic carbocycles. The molecule has 1 saturated heterocycles. The lowest BCUT2D eigenvalue weighted by atomic mass is 9.88. The van der Waals surface area contributed by atoms with Gasteiger partial charge < -0.3 is 9.74 Å². The number of benzene rings is 3. The summed E-state index contributed by atoms with van der Waals surface area (Å²) >= 11 is 0. The Kier molecular flexibility index (Phi) is 6.88. The van der Waals surface area contributed by atoms with Crippen LogP contribution in [0.25, 0.3) is 0 Å². The number of nitrogens with zero attached hydrogens (tertiary/aromatic N) is 2. The Labute approximate surface area is 190 Å². The van der Waals surface area contributed by atoms with Crippen molar-refractivity contribution in [2.45, 2.75) is 12.8 Å². The smallest absolute Gasteiger partial charge is 0.339 e. The maximum absolute atomic E-state index is 13.2. The van der Waals surface area contributed by atoms with E-state index in [-0.39, 0.29) is 23.2 Å². The first kappa shape index (κ1) is 22.3. The lowest BCUT2D eigenvalue weighted by Gasteiger charge is -2.32. The molecule has 0 aliphatic carbocycles. The fraction of sp³-hybridized carbons (Fsp3) is 0.192. The van der Waals surface area contributed by atoms with E-state index in [1.54, 1.807) is 4.90 Å². The molecule has 1 amide bonds. The van der Waals surface area contributed by atoms with Gasteiger partial charge in [0.25, 0.3) is 5.91 Å². The number of hydrogen-bond acceptors (Lipinski definition) is 4. The Balaban J connectivity index is 1.47. The van der Waals surface area contributed by atoms with Crippen molar-refractivity contribution < 1.29 is 23.2 Å². The Morgan fingerprint density at radius 1 is 0.758 bits per heavy atom. The third-order valence-corrected chi connectivity index (χ3v) is 5.64. The summed E-state index contributed by atoms with van der Waals surface area (Å²) in [6.45, 7) is 0.997. The van der Waals surface area contributed by atoms with Crippen molar-refractivity contribution in [2.75, 3.05) is 13.1 Å². The molecular weight excluding hydrogens is 426 g/mol. The minimum absolute atomic E-state index is 0.0225. The Morgan fingerprint density at radius 2 is 1.30 bits per heavy atom. The highest BCUT2D eigenvalue weighted by atomic mass is 19.1. The number of rotatable bonds is 5. The van der Waals surface area contributed by atoms with E-state index in [4.69, 9.17) is 4.84 Å². The second-order valence-electron chi connectivity index (χ2n) is 7.80. The normalized spacial score (nSPS) is 14.7. The fourth-order valence-electron chi connectivity index (χ4n) is 3.83. The second-order valence-corrected chi connectivity index (χ2v) is 7.80. The molecule has 1 aliphatic rings. The van der Waals surface area contributed by atoms with Crippen LogP contribution in [-0.2, 0) is 4.84 Å². The van der Waals surface area contributed by atoms with Crippen LogP contribution in [-0.4, -0.2) is 35.6 Å². The van der Waals surface area contributed by atoms with Crippen molar-refractivity contribution >= 4 is 17.6 Å². The number of likely N-dealkylation sites (tertiary alicyclic amines) is 1. The quantitative estimate of drug-likeness (QED) is 0.311. The summed E-state index contributed by atoms with van der Waals surface area (Å²) in [5.41, 5.74) is 2.10. The first-order valence-corrected chi connectivity index (χ1v) is 10.7. The van der Waals surface area contributed by atoms with Crippen LogP contribution in [0.5, 0.6) is 0 Å². The molecule has 0 N–H and O–H groups in total. The van der Waals surface area contributed by atoms with Crippen LogP contribution in [0.1, 0.15) is 39.1 Å². The zero-order valence-corrected chi connectivity index (χ0v) is 17.8. The molecule has 3 aromatic rings. The van der Waals surface area contributed by atoms with Crippen LogP contribution < -0.4 is 0 Å². The van der Waals surface area contributed by atoms with Crippen LogP contribution in [0.3, 0.4) is 0 Å². The summed E-state index contributed by atoms with van der Waals surface area (Å²) in [7, 11) is 0. The maximum atomic E-state index is 13.2. The highest BCUT2D eigenvalue weighted by Crippen LogP contribution is 2.24. The van der Waals surface area contributed by atoms with E-state index < -0.39 is 11.8 Å². The highest BCUT2D eigenvalue weighted by molar-refractivity contribution is 6.03. The number of carbonyl (C=O) groups is 2. The predicted molar refractivity (Wildman–Crippen MR) is 120 cm³/mol. The third-order valence-electron chi connectivity index (χ3n) is 5.64. The minimum atomic E-state index is -0.674. The fourth-order valence-corrected chi connectivity index (χ4v) is 3.83.